The van der Waals surface area contributed by atoms with Gasteiger partial charge < -0.3 is 13.9 Å². The van der Waals surface area contributed by atoms with Crippen LogP contribution in [-0.4, -0.2) is 41.1 Å². The van der Waals surface area contributed by atoms with Gasteiger partial charge in [-0.2, -0.15) is 0 Å². The summed E-state index contributed by atoms with van der Waals surface area (Å²) >= 11 is 2.41. The number of ether oxygens (including phenoxy) is 2. The molecular formula is C36H51IN2O5Si. The van der Waals surface area contributed by atoms with Gasteiger partial charge in [0.25, 0.3) is 13.9 Å². The van der Waals surface area contributed by atoms with E-state index in [0.717, 1.165) is 12.8 Å². The molecular weight excluding hydrogens is 695 g/mol. The maximum Gasteiger partial charge on any atom is 0.330 e. The van der Waals surface area contributed by atoms with Crippen molar-refractivity contribution >= 4 is 41.3 Å². The largest absolute Gasteiger partial charge is 0.405 e. The zero-order valence-corrected chi connectivity index (χ0v) is 30.6. The van der Waals surface area contributed by atoms with Crippen LogP contribution in [0, 0.1) is 0 Å². The second kappa shape index (κ2) is 17.2. The fourth-order valence-electron chi connectivity index (χ4n) is 6.34. The lowest BCUT2D eigenvalue weighted by Crippen LogP contribution is -2.67. The van der Waals surface area contributed by atoms with Crippen molar-refractivity contribution in [3.05, 3.63) is 93.3 Å². The Kier molecular flexibility index (Phi) is 13.7. The van der Waals surface area contributed by atoms with Crippen LogP contribution in [0.4, 0.5) is 0 Å². The minimum Gasteiger partial charge on any atom is -0.405 e. The van der Waals surface area contributed by atoms with Gasteiger partial charge in [0.05, 0.1) is 24.9 Å². The quantitative estimate of drug-likeness (QED) is 0.0707. The third-order valence-corrected chi connectivity index (χ3v) is 15.1. The number of unbranched alkanes of at least 4 members (excludes halogenated alkanes) is 7. The first-order valence-electron chi connectivity index (χ1n) is 16.6. The van der Waals surface area contributed by atoms with Gasteiger partial charge in [-0.1, -0.05) is 156 Å². The molecule has 0 amide bonds. The standard InChI is InChI=1S/C36H51IN2O5Si/c1-5-6-7-8-9-10-11-18-23-42-26-28-25-39(35(41)38-34(28)40)33-24-31(37)32(44-33)27-43-45(36(2,3)4,29-19-14-12-15-20-29)30-21-16-13-17-22-30/h12-17,19-22,25,31-33H,5-11,18,23-24,26-27H2,1-4H3,(H,38,40,41)/t31-,32-,33-/m1/s1. The molecule has 0 aliphatic carbocycles. The molecule has 1 N–H and O–H groups in total. The Labute approximate surface area is 283 Å². The lowest BCUT2D eigenvalue weighted by molar-refractivity contribution is -0.0205. The molecule has 0 spiro atoms. The van der Waals surface area contributed by atoms with Crippen molar-refractivity contribution < 1.29 is 13.9 Å². The highest BCUT2D eigenvalue weighted by Gasteiger charge is 2.51. The number of nitrogens with one attached hydrogen (secondary N) is 1. The van der Waals surface area contributed by atoms with Crippen molar-refractivity contribution in [3.8, 4) is 0 Å². The maximum atomic E-state index is 12.9. The van der Waals surface area contributed by atoms with Crippen LogP contribution in [0.5, 0.6) is 0 Å². The normalized spacial score (nSPS) is 18.8. The number of aromatic nitrogens is 2. The molecule has 1 aromatic heterocycles. The third kappa shape index (κ3) is 9.28. The van der Waals surface area contributed by atoms with Gasteiger partial charge in [0.2, 0.25) is 0 Å². The summed E-state index contributed by atoms with van der Waals surface area (Å²) in [7, 11) is -2.73. The number of rotatable bonds is 17. The highest BCUT2D eigenvalue weighted by atomic mass is 127. The van der Waals surface area contributed by atoms with E-state index in [1.54, 1.807) is 6.20 Å². The Morgan fingerprint density at radius 2 is 1.49 bits per heavy atom. The van der Waals surface area contributed by atoms with Gasteiger partial charge in [0.1, 0.15) is 6.23 Å². The maximum absolute atomic E-state index is 12.9. The molecule has 2 aromatic carbocycles. The van der Waals surface area contributed by atoms with Gasteiger partial charge >= 0.3 is 5.69 Å². The fourth-order valence-corrected chi connectivity index (χ4v) is 11.7. The minimum atomic E-state index is -2.73. The third-order valence-electron chi connectivity index (χ3n) is 8.79. The molecule has 0 saturated carbocycles. The van der Waals surface area contributed by atoms with Crippen molar-refractivity contribution in [3.63, 3.8) is 0 Å². The van der Waals surface area contributed by atoms with E-state index in [1.807, 2.05) is 12.1 Å². The average Bonchev–Trinajstić information content (AvgIpc) is 3.39. The Hall–Kier alpha value is -2.05. The van der Waals surface area contributed by atoms with Gasteiger partial charge in [-0.25, -0.2) is 4.79 Å². The molecule has 0 bridgehead atoms. The molecule has 0 radical (unpaired) electrons. The lowest BCUT2D eigenvalue weighted by atomic mass is 10.1. The van der Waals surface area contributed by atoms with E-state index in [2.05, 4.69) is 104 Å². The molecule has 0 unspecified atom stereocenters. The highest BCUT2D eigenvalue weighted by molar-refractivity contribution is 14.1. The predicted octanol–water partition coefficient (Wildman–Crippen LogP) is 6.86. The second-order valence-electron chi connectivity index (χ2n) is 13.2. The molecule has 1 aliphatic heterocycles. The van der Waals surface area contributed by atoms with E-state index in [9.17, 15) is 9.59 Å². The predicted molar refractivity (Wildman–Crippen MR) is 193 cm³/mol. The summed E-state index contributed by atoms with van der Waals surface area (Å²) < 4.78 is 21.1. The molecule has 1 aliphatic rings. The lowest BCUT2D eigenvalue weighted by Gasteiger charge is -2.43. The molecule has 45 heavy (non-hydrogen) atoms. The van der Waals surface area contributed by atoms with Crippen molar-refractivity contribution in [1.82, 2.24) is 9.55 Å². The molecule has 1 fully saturated rings. The van der Waals surface area contributed by atoms with Crippen LogP contribution in [-0.2, 0) is 20.5 Å². The number of alkyl halides is 1. The zero-order valence-electron chi connectivity index (χ0n) is 27.4. The number of nitrogens with zero attached hydrogens (tertiary/aromatic N) is 1. The zero-order chi connectivity index (χ0) is 32.3. The van der Waals surface area contributed by atoms with E-state index in [1.165, 1.54) is 53.5 Å². The number of aromatic amines is 1. The van der Waals surface area contributed by atoms with Gasteiger partial charge in [0, 0.05) is 23.1 Å². The first-order valence-corrected chi connectivity index (χ1v) is 19.8. The summed E-state index contributed by atoms with van der Waals surface area (Å²) in [5.74, 6) is 0. The van der Waals surface area contributed by atoms with Crippen molar-refractivity contribution in [1.29, 1.82) is 0 Å². The molecule has 4 rings (SSSR count). The number of H-pyrrole nitrogens is 1. The summed E-state index contributed by atoms with van der Waals surface area (Å²) in [6.45, 7) is 10.2. The molecule has 9 heteroatoms. The van der Waals surface area contributed by atoms with E-state index in [4.69, 9.17) is 13.9 Å². The number of hydrogen-bond acceptors (Lipinski definition) is 5. The van der Waals surface area contributed by atoms with Gasteiger partial charge in [-0.15, -0.1) is 0 Å². The van der Waals surface area contributed by atoms with Crippen molar-refractivity contribution in [2.75, 3.05) is 13.2 Å². The van der Waals surface area contributed by atoms with Crippen LogP contribution in [0.2, 0.25) is 5.04 Å². The van der Waals surface area contributed by atoms with E-state index in [0.29, 0.717) is 25.2 Å². The Morgan fingerprint density at radius 3 is 2.07 bits per heavy atom. The van der Waals surface area contributed by atoms with Crippen LogP contribution in [0.1, 0.15) is 97.3 Å². The first-order chi connectivity index (χ1) is 21.7. The van der Waals surface area contributed by atoms with Gasteiger partial charge in [-0.3, -0.25) is 14.3 Å². The van der Waals surface area contributed by atoms with Crippen molar-refractivity contribution in [2.45, 2.75) is 113 Å². The van der Waals surface area contributed by atoms with Crippen LogP contribution < -0.4 is 21.6 Å². The second-order valence-corrected chi connectivity index (χ2v) is 19.1. The summed E-state index contributed by atoms with van der Waals surface area (Å²) in [4.78, 5) is 28.0. The Balaban J connectivity index is 1.41. The topological polar surface area (TPSA) is 82.6 Å². The van der Waals surface area contributed by atoms with Crippen molar-refractivity contribution in [2.24, 2.45) is 0 Å². The molecule has 2 heterocycles. The molecule has 3 aromatic rings. The number of benzene rings is 2. The summed E-state index contributed by atoms with van der Waals surface area (Å²) in [6, 6.07) is 21.1. The highest BCUT2D eigenvalue weighted by Crippen LogP contribution is 2.39. The van der Waals surface area contributed by atoms with Crippen LogP contribution in [0.3, 0.4) is 0 Å². The molecule has 3 atom stereocenters. The first kappa shape index (κ1) is 35.8. The number of hydrogen-bond donors (Lipinski definition) is 1. The summed E-state index contributed by atoms with van der Waals surface area (Å²) in [5, 5.41) is 2.29. The molecule has 1 saturated heterocycles. The van der Waals surface area contributed by atoms with E-state index < -0.39 is 25.8 Å². The molecule has 7 nitrogen and oxygen atoms in total. The van der Waals surface area contributed by atoms with Gasteiger partial charge in [0.15, 0.2) is 0 Å². The summed E-state index contributed by atoms with van der Waals surface area (Å²) in [6.07, 6.45) is 11.4. The smallest absolute Gasteiger partial charge is 0.330 e. The summed E-state index contributed by atoms with van der Waals surface area (Å²) in [5.41, 5.74) is -0.425. The van der Waals surface area contributed by atoms with Crippen LogP contribution in [0.15, 0.2) is 76.4 Å². The van der Waals surface area contributed by atoms with E-state index in [-0.39, 0.29) is 21.7 Å². The number of halogens is 1. The fraction of sp³-hybridized carbons (Fsp3) is 0.556. The van der Waals surface area contributed by atoms with Gasteiger partial charge in [-0.05, 0) is 21.8 Å². The Morgan fingerprint density at radius 1 is 0.911 bits per heavy atom. The van der Waals surface area contributed by atoms with Crippen LogP contribution >= 0.6 is 22.6 Å². The monoisotopic (exact) mass is 746 g/mol. The Bertz CT molecular complexity index is 1380. The van der Waals surface area contributed by atoms with E-state index >= 15 is 0 Å². The SMILES string of the molecule is CCCCCCCCCCOCc1cn([C@H]2C[C@@H](I)[C@@H](CO[Si](c3ccccc3)(c3ccccc3)C(C)(C)C)O2)c(=O)[nH]c1=O. The minimum absolute atomic E-state index is 0.131. The molecule has 246 valence electrons. The van der Waals surface area contributed by atoms with Crippen LogP contribution in [0.25, 0.3) is 0 Å². The average molecular weight is 747 g/mol.